The van der Waals surface area contributed by atoms with Gasteiger partial charge in [-0.05, 0) is 24.4 Å². The summed E-state index contributed by atoms with van der Waals surface area (Å²) in [6, 6.07) is 10.0. The maximum Gasteiger partial charge on any atom is 0.331 e. The number of nitrogens with one attached hydrogen (secondary N) is 1. The molecule has 2 rings (SSSR count). The first kappa shape index (κ1) is 16.0. The molecular weight excluding hydrogens is 264 g/mol. The van der Waals surface area contributed by atoms with Gasteiger partial charge in [0.1, 0.15) is 5.54 Å². The molecule has 0 aromatic heterocycles. The molecule has 1 fully saturated rings. The summed E-state index contributed by atoms with van der Waals surface area (Å²) in [5, 5.41) is 3.40. The number of nitrogens with zero attached hydrogens (tertiary/aromatic N) is 1. The van der Waals surface area contributed by atoms with Crippen molar-refractivity contribution in [3.05, 3.63) is 35.9 Å². The summed E-state index contributed by atoms with van der Waals surface area (Å²) in [6.07, 6.45) is 1.04. The normalized spacial score (nSPS) is 19.8. The molecule has 1 saturated heterocycles. The van der Waals surface area contributed by atoms with E-state index in [0.717, 1.165) is 38.2 Å². The van der Waals surface area contributed by atoms with Crippen molar-refractivity contribution in [3.63, 3.8) is 0 Å². The third kappa shape index (κ3) is 2.97. The Balaban J connectivity index is 2.52. The Kier molecular flexibility index (Phi) is 5.37. The molecule has 1 aliphatic rings. The number of benzene rings is 1. The number of ether oxygens (including phenoxy) is 1. The van der Waals surface area contributed by atoms with Crippen LogP contribution < -0.4 is 5.32 Å². The first-order chi connectivity index (χ1) is 10.1. The highest BCUT2D eigenvalue weighted by Crippen LogP contribution is 2.37. The van der Waals surface area contributed by atoms with E-state index in [9.17, 15) is 4.79 Å². The van der Waals surface area contributed by atoms with Gasteiger partial charge in [0.25, 0.3) is 0 Å². The molecule has 1 N–H and O–H groups in total. The van der Waals surface area contributed by atoms with Crippen LogP contribution in [0.15, 0.2) is 30.3 Å². The van der Waals surface area contributed by atoms with Crippen molar-refractivity contribution >= 4 is 5.97 Å². The van der Waals surface area contributed by atoms with Gasteiger partial charge >= 0.3 is 5.97 Å². The molecule has 0 saturated carbocycles. The molecule has 0 spiro atoms. The van der Waals surface area contributed by atoms with E-state index in [4.69, 9.17) is 4.74 Å². The molecule has 0 aliphatic carbocycles. The number of carbonyl (C=O) groups excluding carboxylic acids is 1. The van der Waals surface area contributed by atoms with Crippen LogP contribution in [0.2, 0.25) is 0 Å². The quantitative estimate of drug-likeness (QED) is 0.861. The average molecular weight is 290 g/mol. The monoisotopic (exact) mass is 290 g/mol. The minimum Gasteiger partial charge on any atom is -0.467 e. The van der Waals surface area contributed by atoms with E-state index >= 15 is 0 Å². The fourth-order valence-electron chi connectivity index (χ4n) is 3.41. The number of rotatable bonds is 4. The number of hydrogen-bond acceptors (Lipinski definition) is 4. The Morgan fingerprint density at radius 3 is 2.57 bits per heavy atom. The Labute approximate surface area is 127 Å². The second-order valence-corrected chi connectivity index (χ2v) is 5.87. The summed E-state index contributed by atoms with van der Waals surface area (Å²) < 4.78 is 5.22. The number of hydrogen-bond donors (Lipinski definition) is 1. The number of carbonyl (C=O) groups is 1. The smallest absolute Gasteiger partial charge is 0.331 e. The van der Waals surface area contributed by atoms with Crippen LogP contribution in [-0.2, 0) is 15.1 Å². The van der Waals surface area contributed by atoms with Gasteiger partial charge in [0.15, 0.2) is 0 Å². The summed E-state index contributed by atoms with van der Waals surface area (Å²) in [5.74, 6) is -0.0314. The highest BCUT2D eigenvalue weighted by Gasteiger charge is 2.49. The van der Waals surface area contributed by atoms with Gasteiger partial charge < -0.3 is 10.1 Å². The number of esters is 1. The van der Waals surface area contributed by atoms with E-state index < -0.39 is 5.54 Å². The van der Waals surface area contributed by atoms with Crippen LogP contribution in [0.1, 0.15) is 25.8 Å². The van der Waals surface area contributed by atoms with Crippen LogP contribution in [0.25, 0.3) is 0 Å². The molecule has 0 radical (unpaired) electrons. The maximum absolute atomic E-state index is 12.8. The molecule has 116 valence electrons. The van der Waals surface area contributed by atoms with Crippen molar-refractivity contribution in [1.82, 2.24) is 10.2 Å². The van der Waals surface area contributed by atoms with E-state index in [0.29, 0.717) is 0 Å². The van der Waals surface area contributed by atoms with Gasteiger partial charge in [-0.1, -0.05) is 44.2 Å². The first-order valence-corrected chi connectivity index (χ1v) is 7.73. The molecule has 1 aromatic rings. The van der Waals surface area contributed by atoms with Gasteiger partial charge in [-0.25, -0.2) is 4.79 Å². The van der Waals surface area contributed by atoms with Crippen LogP contribution in [0.4, 0.5) is 0 Å². The lowest BCUT2D eigenvalue weighted by Gasteiger charge is -2.44. The fraction of sp³-hybridized carbons (Fsp3) is 0.588. The zero-order valence-corrected chi connectivity index (χ0v) is 13.3. The van der Waals surface area contributed by atoms with Gasteiger partial charge in [-0.3, -0.25) is 4.90 Å². The third-order valence-electron chi connectivity index (χ3n) is 4.38. The lowest BCUT2D eigenvalue weighted by atomic mass is 9.78. The predicted octanol–water partition coefficient (Wildman–Crippen LogP) is 2.01. The lowest BCUT2D eigenvalue weighted by Crippen LogP contribution is -2.57. The zero-order chi connectivity index (χ0) is 15.3. The molecule has 1 unspecified atom stereocenters. The molecule has 21 heavy (non-hydrogen) atoms. The molecule has 1 aliphatic heterocycles. The molecule has 4 nitrogen and oxygen atoms in total. The van der Waals surface area contributed by atoms with E-state index in [1.807, 2.05) is 30.3 Å². The minimum atomic E-state index is -0.706. The zero-order valence-electron chi connectivity index (χ0n) is 13.3. The van der Waals surface area contributed by atoms with Crippen molar-refractivity contribution < 1.29 is 9.53 Å². The molecule has 1 heterocycles. The van der Waals surface area contributed by atoms with E-state index in [1.165, 1.54) is 7.11 Å². The number of methoxy groups -OCH3 is 1. The first-order valence-electron chi connectivity index (χ1n) is 7.73. The molecule has 4 heteroatoms. The van der Waals surface area contributed by atoms with Crippen molar-refractivity contribution in [1.29, 1.82) is 0 Å². The molecule has 1 atom stereocenters. The highest BCUT2D eigenvalue weighted by atomic mass is 16.5. The molecule has 0 bridgehead atoms. The third-order valence-corrected chi connectivity index (χ3v) is 4.38. The van der Waals surface area contributed by atoms with Gasteiger partial charge in [0.2, 0.25) is 0 Å². The van der Waals surface area contributed by atoms with E-state index in [-0.39, 0.29) is 11.9 Å². The summed E-state index contributed by atoms with van der Waals surface area (Å²) in [7, 11) is 1.48. The fourth-order valence-corrected chi connectivity index (χ4v) is 3.41. The van der Waals surface area contributed by atoms with Crippen molar-refractivity contribution in [2.75, 3.05) is 33.3 Å². The topological polar surface area (TPSA) is 41.6 Å². The SMILES string of the molecule is COC(=O)C(c1ccccc1)(C(C)C)N1CCCNCC1. The van der Waals surface area contributed by atoms with Crippen molar-refractivity contribution in [2.24, 2.45) is 5.92 Å². The summed E-state index contributed by atoms with van der Waals surface area (Å²) in [6.45, 7) is 7.85. The Morgan fingerprint density at radius 1 is 1.24 bits per heavy atom. The van der Waals surface area contributed by atoms with Crippen molar-refractivity contribution in [3.8, 4) is 0 Å². The van der Waals surface area contributed by atoms with Crippen LogP contribution in [0.3, 0.4) is 0 Å². The van der Waals surface area contributed by atoms with Gasteiger partial charge in [-0.2, -0.15) is 0 Å². The van der Waals surface area contributed by atoms with Crippen LogP contribution in [0.5, 0.6) is 0 Å². The van der Waals surface area contributed by atoms with E-state index in [2.05, 4.69) is 24.1 Å². The van der Waals surface area contributed by atoms with E-state index in [1.54, 1.807) is 0 Å². The van der Waals surface area contributed by atoms with Crippen LogP contribution in [-0.4, -0.2) is 44.2 Å². The standard InChI is InChI=1S/C17H26N2O2/c1-14(2)17(16(20)21-3,15-8-5-4-6-9-15)19-12-7-10-18-11-13-19/h4-6,8-9,14,18H,7,10-13H2,1-3H3. The summed E-state index contributed by atoms with van der Waals surface area (Å²) in [4.78, 5) is 15.1. The maximum atomic E-state index is 12.8. The summed E-state index contributed by atoms with van der Waals surface area (Å²) >= 11 is 0. The van der Waals surface area contributed by atoms with Gasteiger partial charge in [0.05, 0.1) is 7.11 Å². The predicted molar refractivity (Wildman–Crippen MR) is 84.0 cm³/mol. The van der Waals surface area contributed by atoms with Gasteiger partial charge in [0, 0.05) is 19.6 Å². The molecule has 0 amide bonds. The lowest BCUT2D eigenvalue weighted by molar-refractivity contribution is -0.160. The van der Waals surface area contributed by atoms with Crippen molar-refractivity contribution in [2.45, 2.75) is 25.8 Å². The Morgan fingerprint density at radius 2 is 1.95 bits per heavy atom. The second kappa shape index (κ2) is 7.05. The summed E-state index contributed by atoms with van der Waals surface area (Å²) in [5.41, 5.74) is 0.316. The average Bonchev–Trinajstić information content (AvgIpc) is 2.78. The minimum absolute atomic E-state index is 0.130. The van der Waals surface area contributed by atoms with Crippen LogP contribution in [0, 0.1) is 5.92 Å². The highest BCUT2D eigenvalue weighted by molar-refractivity contribution is 5.83. The Bertz CT molecular complexity index is 453. The molecular formula is C17H26N2O2. The second-order valence-electron chi connectivity index (χ2n) is 5.87. The Hall–Kier alpha value is -1.39. The van der Waals surface area contributed by atoms with Gasteiger partial charge in [-0.15, -0.1) is 0 Å². The van der Waals surface area contributed by atoms with Crippen LogP contribution >= 0.6 is 0 Å². The largest absolute Gasteiger partial charge is 0.467 e. The molecule has 1 aromatic carbocycles.